The molecule has 1 amide bonds. The second kappa shape index (κ2) is 9.42. The number of alkyl halides is 6. The molecule has 196 valence electrons. The van der Waals surface area contributed by atoms with Gasteiger partial charge in [-0.2, -0.15) is 31.1 Å². The van der Waals surface area contributed by atoms with Crippen molar-refractivity contribution in [2.24, 2.45) is 5.41 Å². The van der Waals surface area contributed by atoms with Gasteiger partial charge in [0.15, 0.2) is 11.9 Å². The Hall–Kier alpha value is -2.08. The maximum absolute atomic E-state index is 13.7. The van der Waals surface area contributed by atoms with E-state index in [1.54, 1.807) is 0 Å². The minimum Gasteiger partial charge on any atom is -0.618 e. The van der Waals surface area contributed by atoms with Crippen LogP contribution in [0.1, 0.15) is 55.3 Å². The third-order valence-corrected chi connectivity index (χ3v) is 7.73. The zero-order valence-electron chi connectivity index (χ0n) is 19.4. The van der Waals surface area contributed by atoms with Crippen LogP contribution in [0, 0.1) is 10.6 Å². The van der Waals surface area contributed by atoms with E-state index >= 15 is 0 Å². The number of hydrogen-bond donors (Lipinski definition) is 0. The summed E-state index contributed by atoms with van der Waals surface area (Å²) < 4.78 is 86.1. The lowest BCUT2D eigenvalue weighted by Crippen LogP contribution is -2.50. The highest BCUT2D eigenvalue weighted by Gasteiger charge is 2.54. The van der Waals surface area contributed by atoms with Crippen molar-refractivity contribution in [1.82, 2.24) is 9.80 Å². The first-order valence-electron chi connectivity index (χ1n) is 11.8. The Morgan fingerprint density at radius 3 is 2.51 bits per heavy atom. The predicted octanol–water partition coefficient (Wildman–Crippen LogP) is 3.83. The summed E-state index contributed by atoms with van der Waals surface area (Å²) in [6, 6.07) is 0.776. The van der Waals surface area contributed by atoms with Gasteiger partial charge < -0.3 is 19.7 Å². The second-order valence-corrected chi connectivity index (χ2v) is 9.98. The molecule has 1 saturated carbocycles. The monoisotopic (exact) mass is 509 g/mol. The zero-order chi connectivity index (χ0) is 25.6. The van der Waals surface area contributed by atoms with E-state index in [-0.39, 0.29) is 60.4 Å². The molecule has 3 aliphatic rings. The molecule has 0 N–H and O–H groups in total. The van der Waals surface area contributed by atoms with Gasteiger partial charge in [-0.25, -0.2) is 0 Å². The Labute approximate surface area is 199 Å². The Balaban J connectivity index is 1.57. The first-order chi connectivity index (χ1) is 16.3. The van der Waals surface area contributed by atoms with Gasteiger partial charge in [0.05, 0.1) is 24.8 Å². The fraction of sp³-hybridized carbons (Fsp3) is 0.739. The van der Waals surface area contributed by atoms with Gasteiger partial charge in [0.2, 0.25) is 5.91 Å². The first kappa shape index (κ1) is 26.0. The Bertz CT molecular complexity index is 948. The van der Waals surface area contributed by atoms with Crippen molar-refractivity contribution in [3.63, 3.8) is 0 Å². The molecule has 2 fully saturated rings. The molecule has 3 heterocycles. The van der Waals surface area contributed by atoms with Gasteiger partial charge >= 0.3 is 12.4 Å². The molecule has 12 heteroatoms. The average Bonchev–Trinajstić information content (AvgIpc) is 3.21. The topological polar surface area (TPSA) is 59.7 Å². The number of ether oxygens (including phenoxy) is 1. The van der Waals surface area contributed by atoms with E-state index in [2.05, 4.69) is 4.90 Å². The van der Waals surface area contributed by atoms with Crippen LogP contribution < -0.4 is 4.73 Å². The highest BCUT2D eigenvalue weighted by Crippen LogP contribution is 2.49. The van der Waals surface area contributed by atoms with Crippen LogP contribution in [0.3, 0.4) is 0 Å². The van der Waals surface area contributed by atoms with Crippen molar-refractivity contribution in [1.29, 1.82) is 0 Å². The van der Waals surface area contributed by atoms with Gasteiger partial charge in [0.1, 0.15) is 5.56 Å². The number of carbonyl (C=O) groups excluding carboxylic acids is 1. The van der Waals surface area contributed by atoms with Gasteiger partial charge in [-0.15, -0.1) is 0 Å². The lowest BCUT2D eigenvalue weighted by molar-refractivity contribution is -0.616. The van der Waals surface area contributed by atoms with E-state index in [1.165, 1.54) is 4.90 Å². The van der Waals surface area contributed by atoms with Crippen molar-refractivity contribution in [3.05, 3.63) is 34.3 Å². The van der Waals surface area contributed by atoms with Gasteiger partial charge in [-0.05, 0) is 45.2 Å². The molecule has 0 aromatic carbocycles. The number of rotatable bonds is 4. The number of hydrogen-bond acceptors (Lipinski definition) is 4. The molecule has 1 aliphatic carbocycles. The maximum atomic E-state index is 13.7. The summed E-state index contributed by atoms with van der Waals surface area (Å²) in [4.78, 5) is 16.9. The van der Waals surface area contributed by atoms with E-state index in [0.717, 1.165) is 18.9 Å². The van der Waals surface area contributed by atoms with Crippen LogP contribution in [0.2, 0.25) is 0 Å². The number of aromatic nitrogens is 1. The number of fused-ring (bicyclic) bond motifs is 1. The molecule has 35 heavy (non-hydrogen) atoms. The van der Waals surface area contributed by atoms with E-state index in [0.29, 0.717) is 25.8 Å². The molecule has 0 unspecified atom stereocenters. The molecule has 4 rings (SSSR count). The van der Waals surface area contributed by atoms with E-state index in [4.69, 9.17) is 4.74 Å². The smallest absolute Gasteiger partial charge is 0.422 e. The minimum absolute atomic E-state index is 0.0144. The summed E-state index contributed by atoms with van der Waals surface area (Å²) >= 11 is 0. The summed E-state index contributed by atoms with van der Waals surface area (Å²) in [6.07, 6.45) is -8.10. The summed E-state index contributed by atoms with van der Waals surface area (Å²) in [6.45, 7) is 0.836. The van der Waals surface area contributed by atoms with Gasteiger partial charge in [-0.3, -0.25) is 4.79 Å². The Kier molecular flexibility index (Phi) is 7.00. The second-order valence-electron chi connectivity index (χ2n) is 9.98. The minimum atomic E-state index is -4.75. The van der Waals surface area contributed by atoms with Crippen molar-refractivity contribution in [3.8, 4) is 0 Å². The quantitative estimate of drug-likeness (QED) is 0.352. The van der Waals surface area contributed by atoms with E-state index in [1.807, 2.05) is 7.05 Å². The van der Waals surface area contributed by atoms with Crippen molar-refractivity contribution in [2.75, 3.05) is 26.8 Å². The molecule has 0 radical (unpaired) electrons. The average molecular weight is 509 g/mol. The molecule has 0 spiro atoms. The zero-order valence-corrected chi connectivity index (χ0v) is 19.4. The van der Waals surface area contributed by atoms with E-state index < -0.39 is 35.7 Å². The van der Waals surface area contributed by atoms with Crippen LogP contribution in [0.5, 0.6) is 0 Å². The molecular weight excluding hydrogens is 480 g/mol. The molecule has 1 saturated heterocycles. The largest absolute Gasteiger partial charge is 0.618 e. The molecule has 1 aromatic rings. The van der Waals surface area contributed by atoms with Crippen LogP contribution >= 0.6 is 0 Å². The molecular formula is C23H29F6N3O3. The number of carbonyl (C=O) groups is 1. The number of halogens is 6. The van der Waals surface area contributed by atoms with Crippen LogP contribution in [-0.2, 0) is 28.7 Å². The lowest BCUT2D eigenvalue weighted by atomic mass is 9.79. The highest BCUT2D eigenvalue weighted by molar-refractivity contribution is 5.83. The fourth-order valence-electron chi connectivity index (χ4n) is 5.90. The third-order valence-electron chi connectivity index (χ3n) is 7.73. The number of amides is 1. The summed E-state index contributed by atoms with van der Waals surface area (Å²) in [5.74, 6) is -0.696. The van der Waals surface area contributed by atoms with Gasteiger partial charge in [0, 0.05) is 37.4 Å². The molecule has 2 aliphatic heterocycles. The van der Waals surface area contributed by atoms with Crippen LogP contribution in [0.25, 0.3) is 0 Å². The molecule has 6 nitrogen and oxygen atoms in total. The van der Waals surface area contributed by atoms with Crippen molar-refractivity contribution < 1.29 is 40.6 Å². The molecule has 0 bridgehead atoms. The number of nitrogens with zero attached hydrogens (tertiary/aromatic N) is 3. The maximum Gasteiger partial charge on any atom is 0.422 e. The van der Waals surface area contributed by atoms with E-state index in [9.17, 15) is 36.3 Å². The van der Waals surface area contributed by atoms with Crippen molar-refractivity contribution in [2.45, 2.75) is 75.9 Å². The van der Waals surface area contributed by atoms with Crippen molar-refractivity contribution >= 4 is 5.91 Å². The van der Waals surface area contributed by atoms with Crippen LogP contribution in [0.15, 0.2) is 12.3 Å². The molecule has 2 atom stereocenters. The van der Waals surface area contributed by atoms with Gasteiger partial charge in [0.25, 0.3) is 0 Å². The summed E-state index contributed by atoms with van der Waals surface area (Å²) in [5.41, 5.74) is -2.69. The Morgan fingerprint density at radius 2 is 1.89 bits per heavy atom. The Morgan fingerprint density at radius 1 is 1.20 bits per heavy atom. The standard InChI is InChI=1S/C23H29F6N3O3/c1-30(17-4-8-35-9-5-17)18-2-6-21(11-18,14-22(24,25)26)20(33)31-7-3-19-15(12-31)10-16(13-32(19)34)23(27,28)29/h10,13,17-18H,2-9,11-12,14H2,1H3/t18-,21+/m1/s1. The number of pyridine rings is 1. The van der Waals surface area contributed by atoms with Crippen LogP contribution in [-0.4, -0.2) is 60.8 Å². The third kappa shape index (κ3) is 5.52. The summed E-state index contributed by atoms with van der Waals surface area (Å²) in [5, 5.41) is 12.1. The van der Waals surface area contributed by atoms with Crippen LogP contribution in [0.4, 0.5) is 26.3 Å². The highest BCUT2D eigenvalue weighted by atomic mass is 19.4. The predicted molar refractivity (Wildman–Crippen MR) is 112 cm³/mol. The van der Waals surface area contributed by atoms with Gasteiger partial charge in [-0.1, -0.05) is 0 Å². The first-order valence-corrected chi connectivity index (χ1v) is 11.8. The lowest BCUT2D eigenvalue weighted by Gasteiger charge is -2.39. The normalized spacial score (nSPS) is 26.3. The summed E-state index contributed by atoms with van der Waals surface area (Å²) in [7, 11) is 1.87. The SMILES string of the molecule is CN(C1CCOCC1)[C@@H]1CC[C@](CC(F)(F)F)(C(=O)N2CCc3c(cc(C(F)(F)F)c[n+]3[O-])C2)C1. The fourth-order valence-corrected chi connectivity index (χ4v) is 5.90. The molecule has 1 aromatic heterocycles.